The SMILES string of the molecule is O=C1C[C@@H]2OCC=C3CN4CC[C@]56c7ccccc7N1[C@H]5[C@H]2[C@H]3C[C@H]46.O=C1C[C@@H]2OCC=C3CN4CC[C@]56c7ccccc7N1[C@H]5[C@H]2[C@H]3C[C@H]46. The van der Waals surface area contributed by atoms with Crippen LogP contribution < -0.4 is 9.80 Å². The van der Waals surface area contributed by atoms with E-state index in [4.69, 9.17) is 9.47 Å². The van der Waals surface area contributed by atoms with Gasteiger partial charge in [0.05, 0.1) is 50.3 Å². The van der Waals surface area contributed by atoms with Crippen LogP contribution in [0.4, 0.5) is 11.4 Å². The van der Waals surface area contributed by atoms with Gasteiger partial charge in [-0.15, -0.1) is 0 Å². The summed E-state index contributed by atoms with van der Waals surface area (Å²) < 4.78 is 12.5. The number of fused-ring (bicyclic) bond motifs is 4. The third-order valence-corrected chi connectivity index (χ3v) is 16.4. The zero-order valence-corrected chi connectivity index (χ0v) is 28.5. The molecule has 0 N–H and O–H groups in total. The first kappa shape index (κ1) is 28.3. The molecule has 12 aliphatic rings. The maximum absolute atomic E-state index is 13.2. The number of para-hydroxylation sites is 2. The van der Waals surface area contributed by atoms with Crippen LogP contribution in [0, 0.1) is 23.7 Å². The molecule has 12 atom stereocenters. The van der Waals surface area contributed by atoms with E-state index in [9.17, 15) is 9.59 Å². The monoisotopic (exact) mass is 668 g/mol. The number of carbonyl (C=O) groups is 2. The van der Waals surface area contributed by atoms with Gasteiger partial charge < -0.3 is 19.3 Å². The lowest BCUT2D eigenvalue weighted by molar-refractivity contribution is -0.133. The van der Waals surface area contributed by atoms with Crippen molar-refractivity contribution >= 4 is 23.2 Å². The van der Waals surface area contributed by atoms with Gasteiger partial charge in [0.15, 0.2) is 0 Å². The van der Waals surface area contributed by atoms with Crippen molar-refractivity contribution in [2.24, 2.45) is 23.7 Å². The summed E-state index contributed by atoms with van der Waals surface area (Å²) in [5, 5.41) is 0. The second kappa shape index (κ2) is 9.37. The summed E-state index contributed by atoms with van der Waals surface area (Å²) in [6, 6.07) is 19.3. The van der Waals surface area contributed by atoms with E-state index in [1.165, 1.54) is 61.3 Å². The highest BCUT2D eigenvalue weighted by Gasteiger charge is 2.72. The summed E-state index contributed by atoms with van der Waals surface area (Å²) in [5.74, 6) is 2.70. The third-order valence-electron chi connectivity index (χ3n) is 16.4. The Hall–Kier alpha value is -3.30. The fraction of sp³-hybridized carbons (Fsp3) is 0.571. The molecule has 0 unspecified atom stereocenters. The van der Waals surface area contributed by atoms with Crippen molar-refractivity contribution in [3.05, 3.63) is 83.0 Å². The van der Waals surface area contributed by atoms with Gasteiger partial charge in [0, 0.05) is 59.2 Å². The zero-order valence-electron chi connectivity index (χ0n) is 28.5. The van der Waals surface area contributed by atoms with Gasteiger partial charge in [0.2, 0.25) is 11.8 Å². The number of ether oxygens (including phenoxy) is 2. The average molecular weight is 669 g/mol. The number of benzene rings is 2. The first-order chi connectivity index (χ1) is 24.6. The van der Waals surface area contributed by atoms with E-state index in [1.54, 1.807) is 11.1 Å². The summed E-state index contributed by atoms with van der Waals surface area (Å²) in [4.78, 5) is 36.2. The largest absolute Gasteiger partial charge is 0.373 e. The lowest BCUT2D eigenvalue weighted by Crippen LogP contribution is -2.69. The van der Waals surface area contributed by atoms with Gasteiger partial charge in [0.1, 0.15) is 0 Å². The number of hydrogen-bond donors (Lipinski definition) is 0. The number of carbonyl (C=O) groups excluding carboxylic acids is 2. The van der Waals surface area contributed by atoms with Gasteiger partial charge in [-0.25, -0.2) is 0 Å². The number of nitrogens with zero attached hydrogens (tertiary/aromatic N) is 4. The second-order valence-corrected chi connectivity index (χ2v) is 17.6. The van der Waals surface area contributed by atoms with Crippen molar-refractivity contribution in [3.63, 3.8) is 0 Å². The lowest BCUT2D eigenvalue weighted by Gasteiger charge is -2.58. The number of rotatable bonds is 0. The van der Waals surface area contributed by atoms with Crippen LogP contribution in [-0.4, -0.2) is 97.4 Å². The van der Waals surface area contributed by atoms with Crippen LogP contribution in [0.3, 0.4) is 0 Å². The number of piperidine rings is 4. The summed E-state index contributed by atoms with van der Waals surface area (Å²) >= 11 is 0. The highest BCUT2D eigenvalue weighted by Crippen LogP contribution is 2.67. The molecule has 256 valence electrons. The molecule has 8 fully saturated rings. The Labute approximate surface area is 293 Å². The van der Waals surface area contributed by atoms with Gasteiger partial charge in [0.25, 0.3) is 0 Å². The molecule has 2 saturated carbocycles. The standard InChI is InChI=1S/2C21H22N2O2/c2*24-18-10-16-19-13-9-17-21(6-7-22(17)11-12(13)5-8-25-16)14-3-1-2-4-15(14)23(18)20(19)21/h2*1-5,13,16-17,19-20H,6-11H2/t2*13-,16-,17-,19-,20-,21+/m00/s1. The quantitative estimate of drug-likeness (QED) is 0.393. The van der Waals surface area contributed by atoms with Gasteiger partial charge in [-0.1, -0.05) is 59.7 Å². The molecular weight excluding hydrogens is 624 g/mol. The Kier molecular flexibility index (Phi) is 5.31. The molecule has 2 aromatic rings. The Bertz CT molecular complexity index is 1840. The first-order valence-corrected chi connectivity index (χ1v) is 19.5. The van der Waals surface area contributed by atoms with Gasteiger partial charge in [-0.05, 0) is 73.9 Å². The van der Waals surface area contributed by atoms with Crippen LogP contribution in [0.5, 0.6) is 0 Å². The Morgan fingerprint density at radius 2 is 1.08 bits per heavy atom. The third kappa shape index (κ3) is 3.07. The number of amides is 2. The van der Waals surface area contributed by atoms with E-state index in [-0.39, 0.29) is 34.9 Å². The number of hydrogen-bond acceptors (Lipinski definition) is 6. The lowest BCUT2D eigenvalue weighted by atomic mass is 9.53. The molecule has 14 rings (SSSR count). The molecule has 8 heteroatoms. The molecule has 2 aliphatic carbocycles. The number of anilines is 2. The van der Waals surface area contributed by atoms with E-state index in [1.807, 2.05) is 0 Å². The summed E-state index contributed by atoms with van der Waals surface area (Å²) in [6.45, 7) is 5.94. The predicted molar refractivity (Wildman–Crippen MR) is 187 cm³/mol. The van der Waals surface area contributed by atoms with Gasteiger partial charge in [-0.3, -0.25) is 19.4 Å². The summed E-state index contributed by atoms with van der Waals surface area (Å²) in [5.41, 5.74) is 8.71. The predicted octanol–water partition coefficient (Wildman–Crippen LogP) is 4.19. The molecule has 2 aromatic carbocycles. The average Bonchev–Trinajstić information content (AvgIpc) is 3.82. The minimum atomic E-state index is 0.104. The minimum Gasteiger partial charge on any atom is -0.373 e. The Morgan fingerprint density at radius 1 is 0.620 bits per heavy atom. The molecule has 0 radical (unpaired) electrons. The van der Waals surface area contributed by atoms with Crippen LogP contribution in [-0.2, 0) is 29.9 Å². The molecule has 2 amide bonds. The first-order valence-electron chi connectivity index (χ1n) is 19.5. The van der Waals surface area contributed by atoms with Crippen LogP contribution in [0.25, 0.3) is 0 Å². The van der Waals surface area contributed by atoms with Crippen molar-refractivity contribution in [2.45, 2.75) is 85.7 Å². The molecule has 0 aromatic heterocycles. The van der Waals surface area contributed by atoms with E-state index in [0.717, 1.165) is 13.1 Å². The normalized spacial score (nSPS) is 45.9. The Morgan fingerprint density at radius 3 is 1.56 bits per heavy atom. The van der Waals surface area contributed by atoms with Crippen molar-refractivity contribution in [3.8, 4) is 0 Å². The van der Waals surface area contributed by atoms with Crippen molar-refractivity contribution in [1.82, 2.24) is 9.80 Å². The smallest absolute Gasteiger partial charge is 0.229 e. The molecule has 4 bridgehead atoms. The van der Waals surface area contributed by atoms with E-state index < -0.39 is 0 Å². The maximum atomic E-state index is 13.2. The van der Waals surface area contributed by atoms with E-state index in [0.29, 0.717) is 73.9 Å². The van der Waals surface area contributed by atoms with Crippen LogP contribution in [0.15, 0.2) is 71.8 Å². The highest BCUT2D eigenvalue weighted by molar-refractivity contribution is 6.00. The molecule has 8 nitrogen and oxygen atoms in total. The van der Waals surface area contributed by atoms with Crippen molar-refractivity contribution < 1.29 is 19.1 Å². The van der Waals surface area contributed by atoms with Crippen LogP contribution in [0.2, 0.25) is 0 Å². The van der Waals surface area contributed by atoms with Crippen molar-refractivity contribution in [1.29, 1.82) is 0 Å². The summed E-state index contributed by atoms with van der Waals surface area (Å²) in [6.07, 6.45) is 10.9. The molecule has 2 spiro atoms. The summed E-state index contributed by atoms with van der Waals surface area (Å²) in [7, 11) is 0. The maximum Gasteiger partial charge on any atom is 0.229 e. The molecule has 50 heavy (non-hydrogen) atoms. The van der Waals surface area contributed by atoms with Crippen LogP contribution >= 0.6 is 0 Å². The highest BCUT2D eigenvalue weighted by atomic mass is 16.5. The minimum absolute atomic E-state index is 0.104. The fourth-order valence-corrected chi connectivity index (χ4v) is 15.0. The van der Waals surface area contributed by atoms with Crippen LogP contribution in [0.1, 0.15) is 49.7 Å². The van der Waals surface area contributed by atoms with Gasteiger partial charge >= 0.3 is 0 Å². The Balaban J connectivity index is 0.000000110. The fourth-order valence-electron chi connectivity index (χ4n) is 15.0. The molecular formula is C42H44N4O4. The molecule has 10 aliphatic heterocycles. The topological polar surface area (TPSA) is 65.6 Å². The second-order valence-electron chi connectivity index (χ2n) is 17.6. The molecule has 6 saturated heterocycles. The van der Waals surface area contributed by atoms with E-state index >= 15 is 0 Å². The molecule has 10 heterocycles. The van der Waals surface area contributed by atoms with Crippen molar-refractivity contribution in [2.75, 3.05) is 49.2 Å². The van der Waals surface area contributed by atoms with E-state index in [2.05, 4.69) is 80.3 Å². The van der Waals surface area contributed by atoms with Gasteiger partial charge in [-0.2, -0.15) is 0 Å². The zero-order chi connectivity index (χ0) is 32.7.